The molecule has 1 N–H and O–H groups in total. The molecule has 5 heteroatoms. The van der Waals surface area contributed by atoms with Gasteiger partial charge in [0.2, 0.25) is 5.91 Å². The van der Waals surface area contributed by atoms with Gasteiger partial charge in [-0.1, -0.05) is 11.6 Å². The molecule has 1 aliphatic heterocycles. The van der Waals surface area contributed by atoms with E-state index in [1.54, 1.807) is 12.1 Å². The molecule has 1 aliphatic rings. The number of carbonyl (C=O) groups excluding carboxylic acids is 1. The second-order valence-electron chi connectivity index (χ2n) is 3.94. The van der Waals surface area contributed by atoms with Crippen molar-refractivity contribution in [1.29, 1.82) is 0 Å². The summed E-state index contributed by atoms with van der Waals surface area (Å²) in [6, 6.07) is 7.17. The average molecular weight is 271 g/mol. The molecule has 92 valence electrons. The zero-order chi connectivity index (χ0) is 12.1. The van der Waals surface area contributed by atoms with Crippen LogP contribution in [0.3, 0.4) is 0 Å². The number of nitrogens with zero attached hydrogens (tertiary/aromatic N) is 1. The minimum Gasteiger partial charge on any atom is -0.325 e. The number of benzene rings is 1. The van der Waals surface area contributed by atoms with Crippen molar-refractivity contribution in [3.8, 4) is 0 Å². The van der Waals surface area contributed by atoms with Crippen LogP contribution in [-0.2, 0) is 4.79 Å². The maximum atomic E-state index is 11.8. The van der Waals surface area contributed by atoms with Crippen molar-refractivity contribution in [2.75, 3.05) is 36.5 Å². The summed E-state index contributed by atoms with van der Waals surface area (Å²) in [6.07, 6.45) is 0. The third-order valence-electron chi connectivity index (χ3n) is 2.60. The lowest BCUT2D eigenvalue weighted by atomic mass is 10.3. The lowest BCUT2D eigenvalue weighted by molar-refractivity contribution is -0.117. The van der Waals surface area contributed by atoms with Crippen LogP contribution in [0.4, 0.5) is 5.69 Å². The summed E-state index contributed by atoms with van der Waals surface area (Å²) < 4.78 is 0. The van der Waals surface area contributed by atoms with E-state index in [4.69, 9.17) is 11.6 Å². The first-order valence-electron chi connectivity index (χ1n) is 5.59. The van der Waals surface area contributed by atoms with Gasteiger partial charge in [0, 0.05) is 35.3 Å². The Hall–Kier alpha value is -0.710. The van der Waals surface area contributed by atoms with Crippen LogP contribution in [0, 0.1) is 0 Å². The van der Waals surface area contributed by atoms with Gasteiger partial charge >= 0.3 is 0 Å². The van der Waals surface area contributed by atoms with E-state index in [1.165, 1.54) is 0 Å². The smallest absolute Gasteiger partial charge is 0.238 e. The lowest BCUT2D eigenvalue weighted by Gasteiger charge is -2.25. The fourth-order valence-corrected chi connectivity index (χ4v) is 2.80. The predicted octanol–water partition coefficient (Wildman–Crippen LogP) is 2.33. The summed E-state index contributed by atoms with van der Waals surface area (Å²) >= 11 is 7.72. The number of rotatable bonds is 3. The van der Waals surface area contributed by atoms with Crippen molar-refractivity contribution in [3.63, 3.8) is 0 Å². The number of amides is 1. The van der Waals surface area contributed by atoms with Gasteiger partial charge in [0.05, 0.1) is 6.54 Å². The monoisotopic (exact) mass is 270 g/mol. The van der Waals surface area contributed by atoms with E-state index in [1.807, 2.05) is 23.9 Å². The van der Waals surface area contributed by atoms with Gasteiger partial charge in [-0.05, 0) is 24.3 Å². The number of hydrogen-bond donors (Lipinski definition) is 1. The Morgan fingerprint density at radius 3 is 2.59 bits per heavy atom. The highest BCUT2D eigenvalue weighted by Gasteiger charge is 2.13. The molecule has 3 nitrogen and oxygen atoms in total. The molecule has 17 heavy (non-hydrogen) atoms. The molecule has 1 saturated heterocycles. The normalized spacial score (nSPS) is 16.8. The van der Waals surface area contributed by atoms with Crippen molar-refractivity contribution < 1.29 is 4.79 Å². The summed E-state index contributed by atoms with van der Waals surface area (Å²) in [5.41, 5.74) is 0.797. The zero-order valence-corrected chi connectivity index (χ0v) is 11.1. The first-order chi connectivity index (χ1) is 8.24. The van der Waals surface area contributed by atoms with E-state index in [9.17, 15) is 4.79 Å². The average Bonchev–Trinajstić information content (AvgIpc) is 2.33. The van der Waals surface area contributed by atoms with Gasteiger partial charge in [0.15, 0.2) is 0 Å². The minimum atomic E-state index is 0.0409. The van der Waals surface area contributed by atoms with E-state index in [0.29, 0.717) is 11.6 Å². The maximum Gasteiger partial charge on any atom is 0.238 e. The van der Waals surface area contributed by atoms with Crippen LogP contribution in [-0.4, -0.2) is 41.9 Å². The molecule has 1 fully saturated rings. The maximum absolute atomic E-state index is 11.8. The Morgan fingerprint density at radius 1 is 1.29 bits per heavy atom. The number of carbonyl (C=O) groups is 1. The summed E-state index contributed by atoms with van der Waals surface area (Å²) in [6.45, 7) is 2.47. The molecule has 2 rings (SSSR count). The first kappa shape index (κ1) is 12.7. The van der Waals surface area contributed by atoms with E-state index in [-0.39, 0.29) is 5.91 Å². The van der Waals surface area contributed by atoms with Crippen LogP contribution in [0.25, 0.3) is 0 Å². The van der Waals surface area contributed by atoms with Crippen LogP contribution in [0.5, 0.6) is 0 Å². The van der Waals surface area contributed by atoms with Crippen molar-refractivity contribution in [3.05, 3.63) is 29.3 Å². The Morgan fingerprint density at radius 2 is 1.94 bits per heavy atom. The molecule has 0 aromatic heterocycles. The lowest BCUT2D eigenvalue weighted by Crippen LogP contribution is -2.38. The van der Waals surface area contributed by atoms with Gasteiger partial charge in [-0.2, -0.15) is 11.8 Å². The number of thioether (sulfide) groups is 1. The van der Waals surface area contributed by atoms with Crippen molar-refractivity contribution in [2.24, 2.45) is 0 Å². The summed E-state index contributed by atoms with van der Waals surface area (Å²) in [4.78, 5) is 14.0. The number of nitrogens with one attached hydrogen (secondary N) is 1. The molecule has 1 heterocycles. The van der Waals surface area contributed by atoms with E-state index >= 15 is 0 Å². The van der Waals surface area contributed by atoms with Gasteiger partial charge < -0.3 is 5.32 Å². The second kappa shape index (κ2) is 6.28. The highest BCUT2D eigenvalue weighted by molar-refractivity contribution is 7.99. The first-order valence-corrected chi connectivity index (χ1v) is 7.13. The van der Waals surface area contributed by atoms with E-state index in [2.05, 4.69) is 10.2 Å². The molecular weight excluding hydrogens is 256 g/mol. The van der Waals surface area contributed by atoms with Gasteiger partial charge in [0.1, 0.15) is 0 Å². The summed E-state index contributed by atoms with van der Waals surface area (Å²) in [5, 5.41) is 3.55. The number of halogens is 1. The molecule has 0 unspecified atom stereocenters. The molecule has 1 amide bonds. The molecule has 1 aromatic carbocycles. The fourth-order valence-electron chi connectivity index (χ4n) is 1.70. The molecule has 0 bridgehead atoms. The Kier molecular flexibility index (Phi) is 4.71. The van der Waals surface area contributed by atoms with E-state index in [0.717, 1.165) is 30.3 Å². The van der Waals surface area contributed by atoms with Crippen LogP contribution >= 0.6 is 23.4 Å². The molecule has 0 aliphatic carbocycles. The Labute approximate surface area is 111 Å². The highest BCUT2D eigenvalue weighted by atomic mass is 35.5. The molecular formula is C12H15ClN2OS. The quantitative estimate of drug-likeness (QED) is 0.915. The second-order valence-corrected chi connectivity index (χ2v) is 5.60. The summed E-state index contributed by atoms with van der Waals surface area (Å²) in [7, 11) is 0. The predicted molar refractivity (Wildman–Crippen MR) is 73.8 cm³/mol. The van der Waals surface area contributed by atoms with Crippen LogP contribution in [0.2, 0.25) is 5.02 Å². The SMILES string of the molecule is O=C(CN1CCSCC1)Nc1ccc(Cl)cc1. The Bertz CT molecular complexity index is 377. The fraction of sp³-hybridized carbons (Fsp3) is 0.417. The highest BCUT2D eigenvalue weighted by Crippen LogP contribution is 2.14. The van der Waals surface area contributed by atoms with Crippen molar-refractivity contribution in [2.45, 2.75) is 0 Å². The van der Waals surface area contributed by atoms with Crippen molar-refractivity contribution in [1.82, 2.24) is 4.90 Å². The molecule has 0 spiro atoms. The topological polar surface area (TPSA) is 32.3 Å². The van der Waals surface area contributed by atoms with E-state index < -0.39 is 0 Å². The van der Waals surface area contributed by atoms with Crippen LogP contribution in [0.15, 0.2) is 24.3 Å². The molecule has 0 atom stereocenters. The number of anilines is 1. The third-order valence-corrected chi connectivity index (χ3v) is 3.79. The molecule has 1 aromatic rings. The molecule has 0 radical (unpaired) electrons. The van der Waals surface area contributed by atoms with Gasteiger partial charge in [-0.15, -0.1) is 0 Å². The third kappa shape index (κ3) is 4.22. The van der Waals surface area contributed by atoms with Gasteiger partial charge in [-0.25, -0.2) is 0 Å². The summed E-state index contributed by atoms with van der Waals surface area (Å²) in [5.74, 6) is 2.28. The van der Waals surface area contributed by atoms with Gasteiger partial charge in [0.25, 0.3) is 0 Å². The zero-order valence-electron chi connectivity index (χ0n) is 9.49. The minimum absolute atomic E-state index is 0.0409. The van der Waals surface area contributed by atoms with Crippen LogP contribution in [0.1, 0.15) is 0 Å². The van der Waals surface area contributed by atoms with Gasteiger partial charge in [-0.3, -0.25) is 9.69 Å². The Balaban J connectivity index is 1.82. The molecule has 0 saturated carbocycles. The largest absolute Gasteiger partial charge is 0.325 e. The number of hydrogen-bond acceptors (Lipinski definition) is 3. The van der Waals surface area contributed by atoms with Crippen LogP contribution < -0.4 is 5.32 Å². The standard InChI is InChI=1S/C12H15ClN2OS/c13-10-1-3-11(4-2-10)14-12(16)9-15-5-7-17-8-6-15/h1-4H,5-9H2,(H,14,16). The van der Waals surface area contributed by atoms with Crippen molar-refractivity contribution >= 4 is 35.0 Å².